The van der Waals surface area contributed by atoms with Crippen molar-refractivity contribution < 1.29 is 5.11 Å². The average molecular weight is 230 g/mol. The van der Waals surface area contributed by atoms with E-state index < -0.39 is 0 Å². The summed E-state index contributed by atoms with van der Waals surface area (Å²) in [4.78, 5) is 10.5. The zero-order valence-electron chi connectivity index (χ0n) is 9.29. The van der Waals surface area contributed by atoms with E-state index in [0.29, 0.717) is 17.5 Å². The molecule has 0 saturated carbocycles. The Morgan fingerprint density at radius 3 is 2.40 bits per heavy atom. The Morgan fingerprint density at radius 2 is 1.87 bits per heavy atom. The molecular weight excluding hydrogens is 214 g/mol. The quantitative estimate of drug-likeness (QED) is 0.852. The van der Waals surface area contributed by atoms with Crippen LogP contribution in [0.4, 0.5) is 5.82 Å². The molecule has 1 heterocycles. The highest BCUT2D eigenvalue weighted by molar-refractivity contribution is 6.31. The van der Waals surface area contributed by atoms with Gasteiger partial charge in [-0.15, -0.1) is 0 Å². The van der Waals surface area contributed by atoms with Gasteiger partial charge in [0, 0.05) is 13.1 Å². The normalized spacial score (nSPS) is 10.5. The van der Waals surface area contributed by atoms with Gasteiger partial charge < -0.3 is 10.0 Å². The van der Waals surface area contributed by atoms with Gasteiger partial charge in [0.25, 0.3) is 0 Å². The highest BCUT2D eigenvalue weighted by Crippen LogP contribution is 2.22. The van der Waals surface area contributed by atoms with E-state index in [0.717, 1.165) is 17.9 Å². The van der Waals surface area contributed by atoms with E-state index >= 15 is 0 Å². The van der Waals surface area contributed by atoms with Crippen molar-refractivity contribution in [1.29, 1.82) is 0 Å². The van der Waals surface area contributed by atoms with Gasteiger partial charge in [-0.25, -0.2) is 9.97 Å². The van der Waals surface area contributed by atoms with Gasteiger partial charge in [0.2, 0.25) is 0 Å². The summed E-state index contributed by atoms with van der Waals surface area (Å²) in [6.45, 7) is 7.11. The molecule has 15 heavy (non-hydrogen) atoms. The molecule has 0 atom stereocenters. The minimum atomic E-state index is 0.0821. The van der Waals surface area contributed by atoms with Crippen LogP contribution in [0.1, 0.15) is 18.3 Å². The number of hydrogen-bond donors (Lipinski definition) is 1. The van der Waals surface area contributed by atoms with Crippen LogP contribution in [0.2, 0.25) is 5.15 Å². The molecule has 0 aliphatic heterocycles. The molecule has 0 bridgehead atoms. The summed E-state index contributed by atoms with van der Waals surface area (Å²) in [7, 11) is 0. The molecule has 0 unspecified atom stereocenters. The Labute approximate surface area is 94.9 Å². The van der Waals surface area contributed by atoms with Crippen LogP contribution >= 0.6 is 11.6 Å². The van der Waals surface area contributed by atoms with Crippen LogP contribution in [0.25, 0.3) is 0 Å². The maximum atomic E-state index is 8.91. The Morgan fingerprint density at radius 1 is 1.27 bits per heavy atom. The van der Waals surface area contributed by atoms with Crippen molar-refractivity contribution in [3.05, 3.63) is 16.5 Å². The molecule has 0 aliphatic carbocycles. The summed E-state index contributed by atoms with van der Waals surface area (Å²) in [6, 6.07) is 0. The lowest BCUT2D eigenvalue weighted by Crippen LogP contribution is -2.28. The topological polar surface area (TPSA) is 49.2 Å². The van der Waals surface area contributed by atoms with E-state index in [1.165, 1.54) is 0 Å². The number of likely N-dealkylation sites (N-methyl/N-ethyl adjacent to an activating group) is 1. The number of aromatic nitrogens is 2. The van der Waals surface area contributed by atoms with E-state index in [9.17, 15) is 0 Å². The van der Waals surface area contributed by atoms with Crippen LogP contribution in [0.3, 0.4) is 0 Å². The minimum Gasteiger partial charge on any atom is -0.395 e. The summed E-state index contributed by atoms with van der Waals surface area (Å²) in [5, 5.41) is 9.31. The number of aliphatic hydroxyl groups is 1. The van der Waals surface area contributed by atoms with Crippen LogP contribution in [0.5, 0.6) is 0 Å². The summed E-state index contributed by atoms with van der Waals surface area (Å²) in [5.41, 5.74) is 1.70. The van der Waals surface area contributed by atoms with Gasteiger partial charge in [0.1, 0.15) is 0 Å². The van der Waals surface area contributed by atoms with E-state index in [4.69, 9.17) is 16.7 Å². The Hall–Kier alpha value is -0.870. The third-order valence-corrected chi connectivity index (χ3v) is 2.55. The number of nitrogens with zero attached hydrogens (tertiary/aromatic N) is 3. The van der Waals surface area contributed by atoms with Gasteiger partial charge in [0.05, 0.1) is 18.0 Å². The Balaban J connectivity index is 3.06. The second-order valence-electron chi connectivity index (χ2n) is 3.31. The van der Waals surface area contributed by atoms with Crippen molar-refractivity contribution in [2.45, 2.75) is 20.8 Å². The van der Waals surface area contributed by atoms with Gasteiger partial charge >= 0.3 is 0 Å². The monoisotopic (exact) mass is 229 g/mol. The standard InChI is InChI=1S/C10H16ClN3O/c1-4-14(5-6-15)10-9(11)12-7(2)8(3)13-10/h15H,4-6H2,1-3H3. The summed E-state index contributed by atoms with van der Waals surface area (Å²) in [5.74, 6) is 0.649. The lowest BCUT2D eigenvalue weighted by atomic mass is 10.3. The molecule has 1 rings (SSSR count). The highest BCUT2D eigenvalue weighted by Gasteiger charge is 2.12. The number of hydrogen-bond acceptors (Lipinski definition) is 4. The number of aliphatic hydroxyl groups excluding tert-OH is 1. The first kappa shape index (κ1) is 12.2. The molecule has 1 aromatic heterocycles. The number of anilines is 1. The fraction of sp³-hybridized carbons (Fsp3) is 0.600. The fourth-order valence-electron chi connectivity index (χ4n) is 1.30. The zero-order valence-corrected chi connectivity index (χ0v) is 10.0. The molecule has 84 valence electrons. The molecule has 5 heteroatoms. The molecule has 0 spiro atoms. The van der Waals surface area contributed by atoms with Gasteiger partial charge in [-0.3, -0.25) is 0 Å². The van der Waals surface area contributed by atoms with E-state index in [1.807, 2.05) is 25.7 Å². The van der Waals surface area contributed by atoms with Crippen molar-refractivity contribution in [3.63, 3.8) is 0 Å². The molecular formula is C10H16ClN3O. The number of aryl methyl sites for hydroxylation is 2. The summed E-state index contributed by atoms with van der Waals surface area (Å²) in [6.07, 6.45) is 0. The SMILES string of the molecule is CCN(CCO)c1nc(C)c(C)nc1Cl. The second kappa shape index (κ2) is 5.28. The van der Waals surface area contributed by atoms with Crippen molar-refractivity contribution in [1.82, 2.24) is 9.97 Å². The molecule has 0 fully saturated rings. The molecule has 0 aromatic carbocycles. The van der Waals surface area contributed by atoms with Crippen LogP contribution in [0.15, 0.2) is 0 Å². The molecule has 1 N–H and O–H groups in total. The first-order chi connectivity index (χ1) is 7.10. The lowest BCUT2D eigenvalue weighted by molar-refractivity contribution is 0.302. The van der Waals surface area contributed by atoms with E-state index in [2.05, 4.69) is 9.97 Å². The third-order valence-electron chi connectivity index (χ3n) is 2.30. The molecule has 0 amide bonds. The van der Waals surface area contributed by atoms with Gasteiger partial charge in [-0.2, -0.15) is 0 Å². The first-order valence-electron chi connectivity index (χ1n) is 4.96. The molecule has 1 aromatic rings. The van der Waals surface area contributed by atoms with Crippen molar-refractivity contribution in [2.24, 2.45) is 0 Å². The molecule has 0 aliphatic rings. The Kier molecular flexibility index (Phi) is 4.29. The largest absolute Gasteiger partial charge is 0.395 e. The maximum Gasteiger partial charge on any atom is 0.171 e. The second-order valence-corrected chi connectivity index (χ2v) is 3.67. The average Bonchev–Trinajstić information content (AvgIpc) is 2.20. The lowest BCUT2D eigenvalue weighted by Gasteiger charge is -2.22. The zero-order chi connectivity index (χ0) is 11.4. The molecule has 0 saturated heterocycles. The van der Waals surface area contributed by atoms with Gasteiger partial charge in [0.15, 0.2) is 11.0 Å². The van der Waals surface area contributed by atoms with Crippen molar-refractivity contribution in [3.8, 4) is 0 Å². The van der Waals surface area contributed by atoms with E-state index in [1.54, 1.807) is 0 Å². The minimum absolute atomic E-state index is 0.0821. The van der Waals surface area contributed by atoms with Gasteiger partial charge in [-0.1, -0.05) is 11.6 Å². The highest BCUT2D eigenvalue weighted by atomic mass is 35.5. The van der Waals surface area contributed by atoms with Crippen molar-refractivity contribution >= 4 is 17.4 Å². The van der Waals surface area contributed by atoms with E-state index in [-0.39, 0.29) is 6.61 Å². The smallest absolute Gasteiger partial charge is 0.171 e. The van der Waals surface area contributed by atoms with Crippen LogP contribution < -0.4 is 4.90 Å². The fourth-order valence-corrected chi connectivity index (χ4v) is 1.59. The van der Waals surface area contributed by atoms with Crippen LogP contribution in [-0.2, 0) is 0 Å². The predicted molar refractivity (Wildman–Crippen MR) is 61.5 cm³/mol. The summed E-state index contributed by atoms with van der Waals surface area (Å²) < 4.78 is 0. The first-order valence-corrected chi connectivity index (χ1v) is 5.34. The maximum absolute atomic E-state index is 8.91. The predicted octanol–water partition coefficient (Wildman–Crippen LogP) is 1.57. The Bertz CT molecular complexity index is 344. The van der Waals surface area contributed by atoms with Crippen LogP contribution in [-0.4, -0.2) is 34.8 Å². The number of halogens is 1. The molecule has 0 radical (unpaired) electrons. The van der Waals surface area contributed by atoms with Gasteiger partial charge in [-0.05, 0) is 20.8 Å². The van der Waals surface area contributed by atoms with Crippen molar-refractivity contribution in [2.75, 3.05) is 24.6 Å². The summed E-state index contributed by atoms with van der Waals surface area (Å²) >= 11 is 6.01. The molecule has 4 nitrogen and oxygen atoms in total. The van der Waals surface area contributed by atoms with Crippen LogP contribution in [0, 0.1) is 13.8 Å². The third kappa shape index (κ3) is 2.79. The number of rotatable bonds is 4.